The van der Waals surface area contributed by atoms with Crippen LogP contribution in [0.4, 0.5) is 0 Å². The molecule has 0 aliphatic carbocycles. The first-order valence-corrected chi connectivity index (χ1v) is 7.13. The summed E-state index contributed by atoms with van der Waals surface area (Å²) in [5.41, 5.74) is 0. The number of ether oxygens (including phenoxy) is 6. The molecule has 0 aromatic heterocycles. The van der Waals surface area contributed by atoms with Crippen LogP contribution in [0.2, 0.25) is 0 Å². The standard InChI is InChI=1S/C15H22O6/c1-3-16-6-7-17-8-9-18-12(2)21-13-4-5-14-15(10-13)20-11-19-14/h4-5,10,12H,3,6-9,11H2,1-2H3/t12-/m0/s1. The Kier molecular flexibility index (Phi) is 6.59. The van der Waals surface area contributed by atoms with E-state index in [1.807, 2.05) is 26.0 Å². The summed E-state index contributed by atoms with van der Waals surface area (Å²) in [7, 11) is 0. The van der Waals surface area contributed by atoms with Crippen molar-refractivity contribution in [1.82, 2.24) is 0 Å². The molecule has 0 fully saturated rings. The Hall–Kier alpha value is -1.50. The molecular weight excluding hydrogens is 276 g/mol. The third kappa shape index (κ3) is 5.41. The second-order valence-electron chi connectivity index (χ2n) is 4.38. The van der Waals surface area contributed by atoms with Gasteiger partial charge in [-0.15, -0.1) is 0 Å². The van der Waals surface area contributed by atoms with E-state index < -0.39 is 0 Å². The minimum absolute atomic E-state index is 0.254. The zero-order valence-electron chi connectivity index (χ0n) is 12.5. The molecule has 2 rings (SSSR count). The Balaban J connectivity index is 1.60. The maximum absolute atomic E-state index is 5.65. The molecule has 1 aliphatic heterocycles. The zero-order valence-corrected chi connectivity index (χ0v) is 12.5. The van der Waals surface area contributed by atoms with Gasteiger partial charge in [-0.1, -0.05) is 0 Å². The molecular formula is C15H22O6. The van der Waals surface area contributed by atoms with Crippen LogP contribution in [-0.4, -0.2) is 46.1 Å². The fraction of sp³-hybridized carbons (Fsp3) is 0.600. The van der Waals surface area contributed by atoms with Crippen LogP contribution in [0.1, 0.15) is 13.8 Å². The molecule has 1 atom stereocenters. The van der Waals surface area contributed by atoms with Gasteiger partial charge in [0.25, 0.3) is 0 Å². The van der Waals surface area contributed by atoms with Gasteiger partial charge in [0.2, 0.25) is 6.79 Å². The molecule has 0 saturated heterocycles. The van der Waals surface area contributed by atoms with Crippen molar-refractivity contribution in [3.63, 3.8) is 0 Å². The van der Waals surface area contributed by atoms with E-state index in [1.165, 1.54) is 0 Å². The van der Waals surface area contributed by atoms with Crippen molar-refractivity contribution < 1.29 is 28.4 Å². The quantitative estimate of drug-likeness (QED) is 0.487. The molecule has 0 spiro atoms. The van der Waals surface area contributed by atoms with Crippen LogP contribution in [0.5, 0.6) is 17.2 Å². The minimum Gasteiger partial charge on any atom is -0.465 e. The fourth-order valence-corrected chi connectivity index (χ4v) is 1.81. The van der Waals surface area contributed by atoms with Gasteiger partial charge >= 0.3 is 0 Å². The normalized spacial score (nSPS) is 14.2. The van der Waals surface area contributed by atoms with E-state index in [0.29, 0.717) is 44.5 Å². The van der Waals surface area contributed by atoms with Crippen molar-refractivity contribution in [2.24, 2.45) is 0 Å². The summed E-state index contributed by atoms with van der Waals surface area (Å²) in [5, 5.41) is 0. The Morgan fingerprint density at radius 3 is 2.67 bits per heavy atom. The smallest absolute Gasteiger partial charge is 0.231 e. The van der Waals surface area contributed by atoms with Gasteiger partial charge in [-0.25, -0.2) is 0 Å². The van der Waals surface area contributed by atoms with Gasteiger partial charge in [-0.05, 0) is 26.0 Å². The summed E-state index contributed by atoms with van der Waals surface area (Å²) < 4.78 is 32.2. The maximum Gasteiger partial charge on any atom is 0.231 e. The first kappa shape index (κ1) is 15.9. The van der Waals surface area contributed by atoms with Gasteiger partial charge in [0, 0.05) is 12.7 Å². The van der Waals surface area contributed by atoms with Crippen LogP contribution in [0.3, 0.4) is 0 Å². The molecule has 1 heterocycles. The number of hydrogen-bond donors (Lipinski definition) is 0. The van der Waals surface area contributed by atoms with Gasteiger partial charge in [0.05, 0.1) is 26.4 Å². The van der Waals surface area contributed by atoms with E-state index in [1.54, 1.807) is 6.07 Å². The number of rotatable bonds is 10. The molecule has 0 radical (unpaired) electrons. The summed E-state index contributed by atoms with van der Waals surface area (Å²) in [6.45, 7) is 6.93. The fourth-order valence-electron chi connectivity index (χ4n) is 1.81. The maximum atomic E-state index is 5.65. The molecule has 0 bridgehead atoms. The molecule has 1 aromatic rings. The molecule has 21 heavy (non-hydrogen) atoms. The Morgan fingerprint density at radius 2 is 1.81 bits per heavy atom. The van der Waals surface area contributed by atoms with E-state index in [2.05, 4.69) is 0 Å². The SMILES string of the molecule is CCOCCOCCO[C@H](C)Oc1ccc2c(c1)OCO2. The van der Waals surface area contributed by atoms with E-state index in [4.69, 9.17) is 28.4 Å². The lowest BCUT2D eigenvalue weighted by atomic mass is 10.3. The molecule has 0 unspecified atom stereocenters. The average Bonchev–Trinajstić information content (AvgIpc) is 2.94. The summed E-state index contributed by atoms with van der Waals surface area (Å²) in [4.78, 5) is 0. The van der Waals surface area contributed by atoms with Crippen molar-refractivity contribution in [3.8, 4) is 17.2 Å². The highest BCUT2D eigenvalue weighted by molar-refractivity contribution is 5.46. The second-order valence-corrected chi connectivity index (χ2v) is 4.38. The van der Waals surface area contributed by atoms with Gasteiger partial charge in [-0.2, -0.15) is 0 Å². The molecule has 118 valence electrons. The molecule has 1 aliphatic rings. The highest BCUT2D eigenvalue weighted by Crippen LogP contribution is 2.35. The molecule has 0 N–H and O–H groups in total. The van der Waals surface area contributed by atoms with Gasteiger partial charge < -0.3 is 28.4 Å². The topological polar surface area (TPSA) is 55.4 Å². The molecule has 6 nitrogen and oxygen atoms in total. The third-order valence-electron chi connectivity index (χ3n) is 2.80. The van der Waals surface area contributed by atoms with Gasteiger partial charge in [-0.3, -0.25) is 0 Å². The first-order valence-electron chi connectivity index (χ1n) is 7.13. The highest BCUT2D eigenvalue weighted by Gasteiger charge is 2.14. The van der Waals surface area contributed by atoms with Crippen LogP contribution in [0.25, 0.3) is 0 Å². The van der Waals surface area contributed by atoms with E-state index in [9.17, 15) is 0 Å². The molecule has 1 aromatic carbocycles. The molecule has 0 saturated carbocycles. The number of hydrogen-bond acceptors (Lipinski definition) is 6. The average molecular weight is 298 g/mol. The highest BCUT2D eigenvalue weighted by atomic mass is 16.7. The Bertz CT molecular complexity index is 423. The van der Waals surface area contributed by atoms with Crippen LogP contribution in [0, 0.1) is 0 Å². The minimum atomic E-state index is -0.360. The lowest BCUT2D eigenvalue weighted by Crippen LogP contribution is -2.19. The van der Waals surface area contributed by atoms with Crippen LogP contribution in [0.15, 0.2) is 18.2 Å². The van der Waals surface area contributed by atoms with Crippen molar-refractivity contribution in [2.75, 3.05) is 39.8 Å². The first-order chi connectivity index (χ1) is 10.3. The monoisotopic (exact) mass is 298 g/mol. The van der Waals surface area contributed by atoms with Crippen molar-refractivity contribution in [1.29, 1.82) is 0 Å². The number of benzene rings is 1. The Morgan fingerprint density at radius 1 is 1.05 bits per heavy atom. The second kappa shape index (κ2) is 8.71. The van der Waals surface area contributed by atoms with Crippen LogP contribution in [-0.2, 0) is 14.2 Å². The zero-order chi connectivity index (χ0) is 14.9. The van der Waals surface area contributed by atoms with Gasteiger partial charge in [0.1, 0.15) is 5.75 Å². The van der Waals surface area contributed by atoms with Crippen molar-refractivity contribution >= 4 is 0 Å². The van der Waals surface area contributed by atoms with Crippen molar-refractivity contribution in [3.05, 3.63) is 18.2 Å². The molecule has 0 amide bonds. The summed E-state index contributed by atoms with van der Waals surface area (Å²) >= 11 is 0. The molecule has 6 heteroatoms. The van der Waals surface area contributed by atoms with Crippen LogP contribution >= 0.6 is 0 Å². The third-order valence-corrected chi connectivity index (χ3v) is 2.80. The van der Waals surface area contributed by atoms with Crippen molar-refractivity contribution in [2.45, 2.75) is 20.1 Å². The summed E-state index contributed by atoms with van der Waals surface area (Å²) in [6.07, 6.45) is -0.360. The summed E-state index contributed by atoms with van der Waals surface area (Å²) in [6, 6.07) is 5.44. The van der Waals surface area contributed by atoms with E-state index >= 15 is 0 Å². The predicted octanol–water partition coefficient (Wildman–Crippen LogP) is 2.21. The lowest BCUT2D eigenvalue weighted by Gasteiger charge is -2.15. The Labute approximate surface area is 124 Å². The largest absolute Gasteiger partial charge is 0.465 e. The van der Waals surface area contributed by atoms with E-state index in [0.717, 1.165) is 5.75 Å². The van der Waals surface area contributed by atoms with Crippen LogP contribution < -0.4 is 14.2 Å². The van der Waals surface area contributed by atoms with Gasteiger partial charge in [0.15, 0.2) is 17.8 Å². The van der Waals surface area contributed by atoms with E-state index in [-0.39, 0.29) is 13.1 Å². The summed E-state index contributed by atoms with van der Waals surface area (Å²) in [5.74, 6) is 2.11. The number of fused-ring (bicyclic) bond motifs is 1. The predicted molar refractivity (Wildman–Crippen MR) is 75.9 cm³/mol. The lowest BCUT2D eigenvalue weighted by molar-refractivity contribution is -0.0859.